The molecule has 1 aliphatic heterocycles. The van der Waals surface area contributed by atoms with Gasteiger partial charge in [-0.05, 0) is 35.1 Å². The normalized spacial score (nSPS) is 15.5. The monoisotopic (exact) mass is 383 g/mol. The van der Waals surface area contributed by atoms with Gasteiger partial charge in [-0.15, -0.1) is 0 Å². The van der Waals surface area contributed by atoms with Crippen LogP contribution in [-0.2, 0) is 11.8 Å². The zero-order valence-corrected chi connectivity index (χ0v) is 17.0. The molecule has 0 aromatic heterocycles. The van der Waals surface area contributed by atoms with Crippen LogP contribution in [0.4, 0.5) is 14.9 Å². The SMILES string of the molecule is CC(C)(C)c1ccccc1NC(=O)N1CCN(CCc2ccccc2F)CC1. The maximum Gasteiger partial charge on any atom is 0.321 e. The van der Waals surface area contributed by atoms with Gasteiger partial charge in [-0.1, -0.05) is 57.2 Å². The van der Waals surface area contributed by atoms with E-state index >= 15 is 0 Å². The van der Waals surface area contributed by atoms with Crippen molar-refractivity contribution in [1.82, 2.24) is 9.80 Å². The number of anilines is 1. The summed E-state index contributed by atoms with van der Waals surface area (Å²) in [5.74, 6) is -0.141. The molecule has 2 aromatic rings. The zero-order valence-electron chi connectivity index (χ0n) is 17.0. The Morgan fingerprint density at radius 2 is 1.64 bits per heavy atom. The molecule has 28 heavy (non-hydrogen) atoms. The summed E-state index contributed by atoms with van der Waals surface area (Å²) < 4.78 is 13.8. The number of rotatable bonds is 4. The van der Waals surface area contributed by atoms with Crippen molar-refractivity contribution in [3.05, 3.63) is 65.5 Å². The van der Waals surface area contributed by atoms with Gasteiger partial charge in [-0.2, -0.15) is 0 Å². The summed E-state index contributed by atoms with van der Waals surface area (Å²) in [4.78, 5) is 16.9. The van der Waals surface area contributed by atoms with Gasteiger partial charge in [-0.25, -0.2) is 9.18 Å². The minimum absolute atomic E-state index is 0.0325. The minimum atomic E-state index is -0.141. The molecular weight excluding hydrogens is 353 g/mol. The van der Waals surface area contributed by atoms with Gasteiger partial charge in [-0.3, -0.25) is 4.90 Å². The first-order chi connectivity index (χ1) is 13.3. The number of benzene rings is 2. The summed E-state index contributed by atoms with van der Waals surface area (Å²) in [6.07, 6.45) is 0.692. The van der Waals surface area contributed by atoms with E-state index in [9.17, 15) is 9.18 Å². The van der Waals surface area contributed by atoms with Crippen LogP contribution in [0.2, 0.25) is 0 Å². The Labute approximate surface area is 167 Å². The van der Waals surface area contributed by atoms with Crippen molar-refractivity contribution < 1.29 is 9.18 Å². The Hall–Kier alpha value is -2.40. The molecule has 3 rings (SSSR count). The third kappa shape index (κ3) is 5.10. The first-order valence-electron chi connectivity index (χ1n) is 9.96. The molecule has 0 bridgehead atoms. The van der Waals surface area contributed by atoms with Crippen LogP contribution in [0, 0.1) is 5.82 Å². The Morgan fingerprint density at radius 1 is 1.00 bits per heavy atom. The number of hydrogen-bond acceptors (Lipinski definition) is 2. The molecule has 0 aliphatic carbocycles. The van der Waals surface area contributed by atoms with E-state index in [0.717, 1.165) is 36.4 Å². The van der Waals surface area contributed by atoms with Crippen molar-refractivity contribution in [3.63, 3.8) is 0 Å². The molecule has 1 saturated heterocycles. The standard InChI is InChI=1S/C23H30FN3O/c1-23(2,3)19-9-5-7-11-21(19)25-22(28)27-16-14-26(15-17-27)13-12-18-8-4-6-10-20(18)24/h4-11H,12-17H2,1-3H3,(H,25,28). The van der Waals surface area contributed by atoms with Crippen LogP contribution in [0.15, 0.2) is 48.5 Å². The molecule has 2 amide bonds. The highest BCUT2D eigenvalue weighted by atomic mass is 19.1. The van der Waals surface area contributed by atoms with Crippen molar-refractivity contribution in [2.45, 2.75) is 32.6 Å². The molecule has 0 saturated carbocycles. The van der Waals surface area contributed by atoms with Gasteiger partial charge < -0.3 is 10.2 Å². The molecule has 1 heterocycles. The lowest BCUT2D eigenvalue weighted by Crippen LogP contribution is -2.50. The molecular formula is C23H30FN3O. The average Bonchev–Trinajstić information content (AvgIpc) is 2.67. The molecule has 150 valence electrons. The van der Waals surface area contributed by atoms with Gasteiger partial charge in [0.15, 0.2) is 0 Å². The predicted octanol–water partition coefficient (Wildman–Crippen LogP) is 4.52. The summed E-state index contributed by atoms with van der Waals surface area (Å²) in [6, 6.07) is 14.9. The topological polar surface area (TPSA) is 35.6 Å². The molecule has 4 nitrogen and oxygen atoms in total. The summed E-state index contributed by atoms with van der Waals surface area (Å²) in [5, 5.41) is 3.09. The van der Waals surface area contributed by atoms with Crippen molar-refractivity contribution in [2.75, 3.05) is 38.0 Å². The van der Waals surface area contributed by atoms with Crippen molar-refractivity contribution in [3.8, 4) is 0 Å². The van der Waals surface area contributed by atoms with Gasteiger partial charge in [0.2, 0.25) is 0 Å². The third-order valence-corrected chi connectivity index (χ3v) is 5.29. The maximum atomic E-state index is 13.8. The van der Waals surface area contributed by atoms with Gasteiger partial charge in [0.1, 0.15) is 5.82 Å². The molecule has 1 aliphatic rings. The summed E-state index contributed by atoms with van der Waals surface area (Å²) in [7, 11) is 0. The Bertz CT molecular complexity index is 807. The Balaban J connectivity index is 1.51. The second-order valence-electron chi connectivity index (χ2n) is 8.40. The number of hydrogen-bond donors (Lipinski definition) is 1. The molecule has 1 N–H and O–H groups in total. The molecule has 2 aromatic carbocycles. The first kappa shape index (κ1) is 20.3. The minimum Gasteiger partial charge on any atom is -0.322 e. The number of halogens is 1. The van der Waals surface area contributed by atoms with E-state index in [1.165, 1.54) is 6.07 Å². The van der Waals surface area contributed by atoms with Crippen LogP contribution in [0.25, 0.3) is 0 Å². The maximum absolute atomic E-state index is 13.8. The van der Waals surface area contributed by atoms with Gasteiger partial charge >= 0.3 is 6.03 Å². The molecule has 0 unspecified atom stereocenters. The molecule has 1 fully saturated rings. The number of nitrogens with one attached hydrogen (secondary N) is 1. The fourth-order valence-electron chi connectivity index (χ4n) is 3.59. The van der Waals surface area contributed by atoms with Crippen LogP contribution in [0.3, 0.4) is 0 Å². The largest absolute Gasteiger partial charge is 0.322 e. The fraction of sp³-hybridized carbons (Fsp3) is 0.435. The lowest BCUT2D eigenvalue weighted by Gasteiger charge is -2.35. The number of urea groups is 1. The second kappa shape index (κ2) is 8.74. The predicted molar refractivity (Wildman–Crippen MR) is 112 cm³/mol. The van der Waals surface area contributed by atoms with E-state index in [-0.39, 0.29) is 17.3 Å². The highest BCUT2D eigenvalue weighted by Crippen LogP contribution is 2.29. The van der Waals surface area contributed by atoms with Crippen molar-refractivity contribution in [1.29, 1.82) is 0 Å². The van der Waals surface area contributed by atoms with Crippen LogP contribution in [0.5, 0.6) is 0 Å². The highest BCUT2D eigenvalue weighted by molar-refractivity contribution is 5.90. The number of piperazine rings is 1. The van der Waals surface area contributed by atoms with Gasteiger partial charge in [0.25, 0.3) is 0 Å². The summed E-state index contributed by atoms with van der Waals surface area (Å²) in [6.45, 7) is 10.2. The molecule has 0 spiro atoms. The Morgan fingerprint density at radius 3 is 2.32 bits per heavy atom. The Kier molecular flexibility index (Phi) is 6.35. The van der Waals surface area contributed by atoms with Gasteiger partial charge in [0.05, 0.1) is 0 Å². The quantitative estimate of drug-likeness (QED) is 0.843. The molecule has 0 radical (unpaired) electrons. The summed E-state index contributed by atoms with van der Waals surface area (Å²) >= 11 is 0. The van der Waals surface area contributed by atoms with E-state index in [4.69, 9.17) is 0 Å². The van der Waals surface area contributed by atoms with E-state index in [0.29, 0.717) is 19.5 Å². The summed E-state index contributed by atoms with van der Waals surface area (Å²) in [5.41, 5.74) is 2.73. The molecule has 0 atom stereocenters. The third-order valence-electron chi connectivity index (χ3n) is 5.29. The van der Waals surface area contributed by atoms with Crippen LogP contribution in [0.1, 0.15) is 31.9 Å². The lowest BCUT2D eigenvalue weighted by molar-refractivity contribution is 0.148. The number of carbonyl (C=O) groups excluding carboxylic acids is 1. The number of nitrogens with zero attached hydrogens (tertiary/aromatic N) is 2. The lowest BCUT2D eigenvalue weighted by atomic mass is 9.86. The number of para-hydroxylation sites is 1. The number of amides is 2. The smallest absolute Gasteiger partial charge is 0.321 e. The van der Waals surface area contributed by atoms with Crippen molar-refractivity contribution >= 4 is 11.7 Å². The highest BCUT2D eigenvalue weighted by Gasteiger charge is 2.23. The van der Waals surface area contributed by atoms with E-state index < -0.39 is 0 Å². The van der Waals surface area contributed by atoms with Crippen LogP contribution < -0.4 is 5.32 Å². The van der Waals surface area contributed by atoms with Crippen LogP contribution >= 0.6 is 0 Å². The fourth-order valence-corrected chi connectivity index (χ4v) is 3.59. The van der Waals surface area contributed by atoms with E-state index in [1.54, 1.807) is 6.07 Å². The number of carbonyl (C=O) groups is 1. The first-order valence-corrected chi connectivity index (χ1v) is 9.96. The van der Waals surface area contributed by atoms with E-state index in [1.807, 2.05) is 35.2 Å². The average molecular weight is 384 g/mol. The molecule has 5 heteroatoms. The zero-order chi connectivity index (χ0) is 20.1. The van der Waals surface area contributed by atoms with E-state index in [2.05, 4.69) is 37.1 Å². The van der Waals surface area contributed by atoms with Crippen LogP contribution in [-0.4, -0.2) is 48.6 Å². The van der Waals surface area contributed by atoms with Crippen molar-refractivity contribution in [2.24, 2.45) is 0 Å². The van der Waals surface area contributed by atoms with Gasteiger partial charge in [0, 0.05) is 38.4 Å². The second-order valence-corrected chi connectivity index (χ2v) is 8.40.